The van der Waals surface area contributed by atoms with Crippen LogP contribution in [-0.4, -0.2) is 67.6 Å². The van der Waals surface area contributed by atoms with Gasteiger partial charge in [0.05, 0.1) is 44.4 Å². The zero-order chi connectivity index (χ0) is 24.3. The number of amides is 1. The van der Waals surface area contributed by atoms with E-state index in [0.29, 0.717) is 19.2 Å². The number of anilines is 2. The van der Waals surface area contributed by atoms with E-state index in [1.807, 2.05) is 12.1 Å². The van der Waals surface area contributed by atoms with E-state index in [9.17, 15) is 4.79 Å². The van der Waals surface area contributed by atoms with E-state index in [4.69, 9.17) is 14.5 Å². The first-order chi connectivity index (χ1) is 16.5. The number of nitrogens with one attached hydrogen (secondary N) is 2. The molecule has 1 aromatic heterocycles. The van der Waals surface area contributed by atoms with Gasteiger partial charge in [-0.3, -0.25) is 4.79 Å². The van der Waals surface area contributed by atoms with Gasteiger partial charge in [0.15, 0.2) is 0 Å². The van der Waals surface area contributed by atoms with Crippen LogP contribution in [0.25, 0.3) is 0 Å². The molecule has 2 saturated heterocycles. The lowest BCUT2D eigenvalue weighted by atomic mass is 10.1. The van der Waals surface area contributed by atoms with Gasteiger partial charge < -0.3 is 19.7 Å². The van der Waals surface area contributed by atoms with Gasteiger partial charge in [-0.25, -0.2) is 10.4 Å². The first-order valence-corrected chi connectivity index (χ1v) is 11.9. The molecule has 0 spiro atoms. The van der Waals surface area contributed by atoms with E-state index in [1.54, 1.807) is 6.21 Å². The Bertz CT molecular complexity index is 971. The van der Waals surface area contributed by atoms with Gasteiger partial charge in [0.1, 0.15) is 5.82 Å². The predicted molar refractivity (Wildman–Crippen MR) is 135 cm³/mol. The van der Waals surface area contributed by atoms with Crippen LogP contribution in [0.15, 0.2) is 29.4 Å². The van der Waals surface area contributed by atoms with Gasteiger partial charge in [-0.15, -0.1) is 0 Å². The minimum atomic E-state index is 0.0262. The van der Waals surface area contributed by atoms with Crippen molar-refractivity contribution in [2.24, 2.45) is 5.10 Å². The fourth-order valence-electron chi connectivity index (χ4n) is 3.78. The van der Waals surface area contributed by atoms with Gasteiger partial charge in [0.25, 0.3) is 0 Å². The van der Waals surface area contributed by atoms with Crippen LogP contribution < -0.4 is 15.6 Å². The molecule has 4 rings (SSSR count). The zero-order valence-corrected chi connectivity index (χ0v) is 20.6. The molecular formula is C25H36N6O3. The highest BCUT2D eigenvalue weighted by Gasteiger charge is 2.20. The standard InChI is InChI=1S/C20H27N5O.C5H9NO2/c1-4-17-18(5-2)22-20(23-19(17)25-9-11-26-12-10-25)24-21-14-16-8-6-7-15(3)13-16;1-4(7)6-5-2-8-3-5/h6-8,13-14H,4-5,9-12H2,1-3H3,(H,22,23,24);5H,2-3H2,1H3,(H,6,7)/b21-14+;. The number of carbonyl (C=O) groups excluding carboxylic acids is 1. The number of morpholine rings is 1. The molecule has 1 aromatic carbocycles. The molecular weight excluding hydrogens is 432 g/mol. The van der Waals surface area contributed by atoms with Crippen molar-refractivity contribution in [3.8, 4) is 0 Å². The Balaban J connectivity index is 0.000000343. The van der Waals surface area contributed by atoms with Gasteiger partial charge in [0.2, 0.25) is 11.9 Å². The third-order valence-corrected chi connectivity index (χ3v) is 5.54. The first kappa shape index (κ1) is 25.6. The minimum Gasteiger partial charge on any atom is -0.378 e. The lowest BCUT2D eigenvalue weighted by molar-refractivity contribution is -0.123. The Morgan fingerprint density at radius 1 is 1.18 bits per heavy atom. The highest BCUT2D eigenvalue weighted by atomic mass is 16.5. The Morgan fingerprint density at radius 3 is 2.50 bits per heavy atom. The maximum atomic E-state index is 10.3. The second-order valence-corrected chi connectivity index (χ2v) is 8.32. The third kappa shape index (κ3) is 7.50. The van der Waals surface area contributed by atoms with Crippen molar-refractivity contribution in [2.75, 3.05) is 49.8 Å². The van der Waals surface area contributed by atoms with E-state index in [-0.39, 0.29) is 11.9 Å². The molecule has 184 valence electrons. The fraction of sp³-hybridized carbons (Fsp3) is 0.520. The van der Waals surface area contributed by atoms with E-state index in [2.05, 4.69) is 58.6 Å². The number of rotatable bonds is 7. The molecule has 1 amide bonds. The Hall–Kier alpha value is -3.04. The summed E-state index contributed by atoms with van der Waals surface area (Å²) in [6, 6.07) is 8.49. The summed E-state index contributed by atoms with van der Waals surface area (Å²) in [7, 11) is 0. The van der Waals surface area contributed by atoms with E-state index < -0.39 is 0 Å². The maximum Gasteiger partial charge on any atom is 0.245 e. The molecule has 2 fully saturated rings. The second-order valence-electron chi connectivity index (χ2n) is 8.32. The van der Waals surface area contributed by atoms with Crippen LogP contribution >= 0.6 is 0 Å². The van der Waals surface area contributed by atoms with Crippen molar-refractivity contribution >= 4 is 23.9 Å². The minimum absolute atomic E-state index is 0.0262. The molecule has 2 aliphatic rings. The van der Waals surface area contributed by atoms with Crippen LogP contribution in [0, 0.1) is 6.92 Å². The van der Waals surface area contributed by atoms with Crippen LogP contribution in [0.5, 0.6) is 0 Å². The molecule has 9 nitrogen and oxygen atoms in total. The molecule has 0 bridgehead atoms. The number of nitrogens with zero attached hydrogens (tertiary/aromatic N) is 4. The van der Waals surface area contributed by atoms with Gasteiger partial charge in [-0.2, -0.15) is 10.1 Å². The SMILES string of the molecule is CC(=O)NC1COC1.CCc1nc(N/N=C/c2cccc(C)c2)nc(N2CCOCC2)c1CC. The number of hydrogen-bond donors (Lipinski definition) is 2. The number of hydrazone groups is 1. The van der Waals surface area contributed by atoms with Crippen LogP contribution in [0.3, 0.4) is 0 Å². The molecule has 3 heterocycles. The molecule has 0 radical (unpaired) electrons. The van der Waals surface area contributed by atoms with Crippen molar-refractivity contribution in [1.82, 2.24) is 15.3 Å². The number of ether oxygens (including phenoxy) is 2. The lowest BCUT2D eigenvalue weighted by Gasteiger charge is -2.30. The third-order valence-electron chi connectivity index (χ3n) is 5.54. The number of benzene rings is 1. The van der Waals surface area contributed by atoms with Crippen molar-refractivity contribution < 1.29 is 14.3 Å². The summed E-state index contributed by atoms with van der Waals surface area (Å²) in [4.78, 5) is 22.0. The summed E-state index contributed by atoms with van der Waals surface area (Å²) in [5.41, 5.74) is 7.57. The summed E-state index contributed by atoms with van der Waals surface area (Å²) < 4.78 is 10.3. The Labute approximate surface area is 202 Å². The van der Waals surface area contributed by atoms with E-state index in [1.165, 1.54) is 18.1 Å². The van der Waals surface area contributed by atoms with Gasteiger partial charge in [0, 0.05) is 25.6 Å². The number of hydrogen-bond acceptors (Lipinski definition) is 8. The van der Waals surface area contributed by atoms with Crippen molar-refractivity contribution in [1.29, 1.82) is 0 Å². The molecule has 9 heteroatoms. The Morgan fingerprint density at radius 2 is 1.94 bits per heavy atom. The highest BCUT2D eigenvalue weighted by molar-refractivity contribution is 5.80. The van der Waals surface area contributed by atoms with Crippen molar-refractivity contribution in [3.63, 3.8) is 0 Å². The summed E-state index contributed by atoms with van der Waals surface area (Å²) >= 11 is 0. The summed E-state index contributed by atoms with van der Waals surface area (Å²) in [6.07, 6.45) is 3.59. The van der Waals surface area contributed by atoms with Gasteiger partial charge >= 0.3 is 0 Å². The average molecular weight is 469 g/mol. The summed E-state index contributed by atoms with van der Waals surface area (Å²) in [5.74, 6) is 1.58. The van der Waals surface area contributed by atoms with Crippen LogP contribution in [0.2, 0.25) is 0 Å². The maximum absolute atomic E-state index is 10.3. The first-order valence-electron chi connectivity index (χ1n) is 11.9. The monoisotopic (exact) mass is 468 g/mol. The Kier molecular flexibility index (Phi) is 9.78. The number of aromatic nitrogens is 2. The molecule has 2 aliphatic heterocycles. The molecule has 0 atom stereocenters. The van der Waals surface area contributed by atoms with E-state index in [0.717, 1.165) is 56.2 Å². The average Bonchev–Trinajstić information content (AvgIpc) is 2.82. The van der Waals surface area contributed by atoms with Crippen molar-refractivity contribution in [3.05, 3.63) is 46.6 Å². The number of carbonyl (C=O) groups is 1. The normalized spacial score (nSPS) is 15.9. The highest BCUT2D eigenvalue weighted by Crippen LogP contribution is 2.24. The number of aryl methyl sites for hydroxylation is 2. The lowest BCUT2D eigenvalue weighted by Crippen LogP contribution is -2.47. The second kappa shape index (κ2) is 13.0. The van der Waals surface area contributed by atoms with Gasteiger partial charge in [-0.05, 0) is 25.3 Å². The predicted octanol–water partition coefficient (Wildman–Crippen LogP) is 2.71. The fourth-order valence-corrected chi connectivity index (χ4v) is 3.78. The van der Waals surface area contributed by atoms with E-state index >= 15 is 0 Å². The van der Waals surface area contributed by atoms with Crippen molar-refractivity contribution in [2.45, 2.75) is 46.6 Å². The van der Waals surface area contributed by atoms with Crippen LogP contribution in [0.1, 0.15) is 43.2 Å². The summed E-state index contributed by atoms with van der Waals surface area (Å²) in [5, 5.41) is 7.04. The molecule has 0 unspecified atom stereocenters. The molecule has 2 aromatic rings. The summed E-state index contributed by atoms with van der Waals surface area (Å²) in [6.45, 7) is 12.4. The van der Waals surface area contributed by atoms with Crippen LogP contribution in [-0.2, 0) is 27.1 Å². The molecule has 0 saturated carbocycles. The zero-order valence-electron chi connectivity index (χ0n) is 20.6. The smallest absolute Gasteiger partial charge is 0.245 e. The largest absolute Gasteiger partial charge is 0.378 e. The van der Waals surface area contributed by atoms with Gasteiger partial charge in [-0.1, -0.05) is 43.7 Å². The molecule has 2 N–H and O–H groups in total. The topological polar surface area (TPSA) is 101 Å². The quantitative estimate of drug-likeness (QED) is 0.476. The molecule has 0 aliphatic carbocycles. The van der Waals surface area contributed by atoms with Crippen LogP contribution in [0.4, 0.5) is 11.8 Å². The molecule has 34 heavy (non-hydrogen) atoms.